The van der Waals surface area contributed by atoms with Crippen molar-refractivity contribution in [1.82, 2.24) is 19.7 Å². The Bertz CT molecular complexity index is 881. The number of benzene rings is 1. The predicted molar refractivity (Wildman–Crippen MR) is 124 cm³/mol. The average molecular weight is 444 g/mol. The zero-order valence-corrected chi connectivity index (χ0v) is 19.9. The van der Waals surface area contributed by atoms with E-state index in [1.165, 1.54) is 11.1 Å². The Kier molecular flexibility index (Phi) is 7.65. The van der Waals surface area contributed by atoms with Crippen molar-refractivity contribution in [3.8, 4) is 5.75 Å². The number of aromatic nitrogens is 3. The number of nitrogens with zero attached hydrogens (tertiary/aromatic N) is 5. The lowest BCUT2D eigenvalue weighted by Crippen LogP contribution is -2.53. The van der Waals surface area contributed by atoms with Gasteiger partial charge >= 0.3 is 0 Å². The van der Waals surface area contributed by atoms with Crippen molar-refractivity contribution in [3.05, 3.63) is 35.2 Å². The molecule has 8 nitrogen and oxygen atoms in total. The van der Waals surface area contributed by atoms with Crippen LogP contribution >= 0.6 is 0 Å². The van der Waals surface area contributed by atoms with Crippen molar-refractivity contribution >= 4 is 5.95 Å². The van der Waals surface area contributed by atoms with Gasteiger partial charge in [-0.25, -0.2) is 0 Å². The minimum atomic E-state index is 0.213. The van der Waals surface area contributed by atoms with Crippen molar-refractivity contribution in [3.63, 3.8) is 0 Å². The maximum Gasteiger partial charge on any atom is 0.227 e. The summed E-state index contributed by atoms with van der Waals surface area (Å²) in [4.78, 5) is 4.83. The van der Waals surface area contributed by atoms with Crippen LogP contribution in [0.2, 0.25) is 0 Å². The topological polar surface area (TPSA) is 64.9 Å². The average Bonchev–Trinajstić information content (AvgIpc) is 3.44. The fourth-order valence-corrected chi connectivity index (χ4v) is 4.51. The summed E-state index contributed by atoms with van der Waals surface area (Å²) in [7, 11) is 1.76. The minimum Gasteiger partial charge on any atom is -0.486 e. The lowest BCUT2D eigenvalue weighted by Gasteiger charge is -2.40. The molecule has 176 valence electrons. The first-order valence-corrected chi connectivity index (χ1v) is 11.8. The van der Waals surface area contributed by atoms with Crippen molar-refractivity contribution in [1.29, 1.82) is 0 Å². The van der Waals surface area contributed by atoms with Gasteiger partial charge in [-0.15, -0.1) is 10.2 Å². The molecule has 0 unspecified atom stereocenters. The lowest BCUT2D eigenvalue weighted by molar-refractivity contribution is 0.0948. The molecule has 0 N–H and O–H groups in total. The minimum absolute atomic E-state index is 0.213. The molecule has 0 saturated carbocycles. The number of hydrogen-bond donors (Lipinski definition) is 0. The van der Waals surface area contributed by atoms with E-state index >= 15 is 0 Å². The second kappa shape index (κ2) is 10.6. The molecule has 1 aromatic carbocycles. The van der Waals surface area contributed by atoms with E-state index in [0.29, 0.717) is 12.6 Å². The second-order valence-corrected chi connectivity index (χ2v) is 9.02. The van der Waals surface area contributed by atoms with Gasteiger partial charge in [0.25, 0.3) is 0 Å². The molecule has 0 aliphatic carbocycles. The number of ether oxygens (including phenoxy) is 3. The van der Waals surface area contributed by atoms with E-state index < -0.39 is 0 Å². The van der Waals surface area contributed by atoms with Gasteiger partial charge in [-0.05, 0) is 56.9 Å². The Labute approximate surface area is 191 Å². The van der Waals surface area contributed by atoms with Crippen LogP contribution in [0.3, 0.4) is 0 Å². The molecule has 4 rings (SSSR count). The third-order valence-corrected chi connectivity index (χ3v) is 6.69. The number of methoxy groups -OCH3 is 1. The van der Waals surface area contributed by atoms with E-state index in [0.717, 1.165) is 76.3 Å². The fourth-order valence-electron chi connectivity index (χ4n) is 4.51. The van der Waals surface area contributed by atoms with Crippen LogP contribution in [0, 0.1) is 13.8 Å². The fraction of sp³-hybridized carbons (Fsp3) is 0.667. The molecule has 1 aromatic heterocycles. The van der Waals surface area contributed by atoms with Crippen LogP contribution in [0.4, 0.5) is 5.95 Å². The maximum atomic E-state index is 6.11. The van der Waals surface area contributed by atoms with Gasteiger partial charge in [0.1, 0.15) is 12.4 Å². The Morgan fingerprint density at radius 3 is 2.75 bits per heavy atom. The van der Waals surface area contributed by atoms with E-state index in [-0.39, 0.29) is 6.10 Å². The summed E-state index contributed by atoms with van der Waals surface area (Å²) in [6.07, 6.45) is 2.41. The third-order valence-electron chi connectivity index (χ3n) is 6.69. The van der Waals surface area contributed by atoms with Crippen LogP contribution in [0.15, 0.2) is 18.2 Å². The summed E-state index contributed by atoms with van der Waals surface area (Å²) < 4.78 is 19.5. The molecule has 32 heavy (non-hydrogen) atoms. The second-order valence-electron chi connectivity index (χ2n) is 9.02. The van der Waals surface area contributed by atoms with Gasteiger partial charge in [-0.3, -0.25) is 9.47 Å². The molecular formula is C24H37N5O3. The number of rotatable bonds is 9. The molecule has 0 radical (unpaired) electrons. The van der Waals surface area contributed by atoms with Crippen molar-refractivity contribution < 1.29 is 14.2 Å². The maximum absolute atomic E-state index is 6.11. The van der Waals surface area contributed by atoms with E-state index in [9.17, 15) is 0 Å². The normalized spacial score (nSPS) is 21.9. The SMILES string of the molecule is COCCN1CCN(c2nnc(COc3ccc(C)c(C)c3)n2C[C@@H]2CCCO2)C[C@@H]1C. The zero-order chi connectivity index (χ0) is 22.5. The molecule has 2 aliphatic rings. The largest absolute Gasteiger partial charge is 0.486 e. The highest BCUT2D eigenvalue weighted by Crippen LogP contribution is 2.24. The zero-order valence-electron chi connectivity index (χ0n) is 19.9. The summed E-state index contributed by atoms with van der Waals surface area (Å²) in [5.41, 5.74) is 2.49. The molecular weight excluding hydrogens is 406 g/mol. The number of aryl methyl sites for hydroxylation is 2. The van der Waals surface area contributed by atoms with E-state index in [1.54, 1.807) is 7.11 Å². The molecule has 3 heterocycles. The molecule has 2 atom stereocenters. The van der Waals surface area contributed by atoms with Gasteiger partial charge in [-0.1, -0.05) is 6.07 Å². The van der Waals surface area contributed by atoms with Crippen LogP contribution in [-0.4, -0.2) is 78.3 Å². The highest BCUT2D eigenvalue weighted by molar-refractivity contribution is 5.35. The molecule has 8 heteroatoms. The van der Waals surface area contributed by atoms with Crippen molar-refractivity contribution in [2.45, 2.75) is 58.9 Å². The van der Waals surface area contributed by atoms with Crippen LogP contribution in [0.5, 0.6) is 5.75 Å². The first-order valence-electron chi connectivity index (χ1n) is 11.8. The van der Waals surface area contributed by atoms with Gasteiger partial charge in [0.05, 0.1) is 19.3 Å². The van der Waals surface area contributed by atoms with Crippen molar-refractivity contribution in [2.75, 3.05) is 51.4 Å². The summed E-state index contributed by atoms with van der Waals surface area (Å²) in [6.45, 7) is 13.1. The smallest absolute Gasteiger partial charge is 0.227 e. The molecule has 0 amide bonds. The standard InChI is InChI=1S/C24H37N5O3/c1-18-7-8-21(14-19(18)2)32-17-23-25-26-24(29(23)16-22-6-5-12-31-22)28-10-9-27(11-13-30-4)20(3)15-28/h7-8,14,20,22H,5-6,9-13,15-17H2,1-4H3/t20-,22-/m0/s1. The molecule has 2 fully saturated rings. The number of piperazine rings is 1. The Morgan fingerprint density at radius 1 is 1.16 bits per heavy atom. The summed E-state index contributed by atoms with van der Waals surface area (Å²) in [5, 5.41) is 9.15. The summed E-state index contributed by atoms with van der Waals surface area (Å²) >= 11 is 0. The summed E-state index contributed by atoms with van der Waals surface area (Å²) in [6, 6.07) is 6.63. The highest BCUT2D eigenvalue weighted by Gasteiger charge is 2.29. The molecule has 2 aromatic rings. The Morgan fingerprint density at radius 2 is 2.03 bits per heavy atom. The Hall–Kier alpha value is -2.16. The van der Waals surface area contributed by atoms with Gasteiger partial charge in [0, 0.05) is 45.9 Å². The molecule has 0 bridgehead atoms. The molecule has 2 saturated heterocycles. The van der Waals surface area contributed by atoms with Gasteiger partial charge in [-0.2, -0.15) is 0 Å². The molecule has 2 aliphatic heterocycles. The van der Waals surface area contributed by atoms with Gasteiger partial charge < -0.3 is 19.1 Å². The molecule has 0 spiro atoms. The summed E-state index contributed by atoms with van der Waals surface area (Å²) in [5.74, 6) is 2.64. The predicted octanol–water partition coefficient (Wildman–Crippen LogP) is 2.81. The quantitative estimate of drug-likeness (QED) is 0.590. The monoisotopic (exact) mass is 443 g/mol. The number of anilines is 1. The van der Waals surface area contributed by atoms with E-state index in [2.05, 4.69) is 57.5 Å². The van der Waals surface area contributed by atoms with Gasteiger partial charge in [0.15, 0.2) is 5.82 Å². The lowest BCUT2D eigenvalue weighted by atomic mass is 10.1. The number of hydrogen-bond acceptors (Lipinski definition) is 7. The third kappa shape index (κ3) is 5.42. The van der Waals surface area contributed by atoms with E-state index in [4.69, 9.17) is 14.2 Å². The first-order chi connectivity index (χ1) is 15.5. The van der Waals surface area contributed by atoms with Gasteiger partial charge in [0.2, 0.25) is 5.95 Å². The van der Waals surface area contributed by atoms with Crippen LogP contribution in [-0.2, 0) is 22.6 Å². The highest BCUT2D eigenvalue weighted by atomic mass is 16.5. The van der Waals surface area contributed by atoms with Crippen LogP contribution in [0.1, 0.15) is 36.7 Å². The van der Waals surface area contributed by atoms with E-state index in [1.807, 2.05) is 6.07 Å². The van der Waals surface area contributed by atoms with Crippen molar-refractivity contribution in [2.24, 2.45) is 0 Å². The first kappa shape index (κ1) is 23.0. The Balaban J connectivity index is 1.49. The van der Waals surface area contributed by atoms with Crippen LogP contribution in [0.25, 0.3) is 0 Å². The van der Waals surface area contributed by atoms with Crippen LogP contribution < -0.4 is 9.64 Å².